The molecule has 56 heavy (non-hydrogen) atoms. The molecule has 6 nitrogen and oxygen atoms in total. The van der Waals surface area contributed by atoms with Crippen molar-refractivity contribution >= 4 is 57.8 Å². The molecule has 4 rings (SSSR count). The van der Waals surface area contributed by atoms with E-state index in [2.05, 4.69) is 222 Å². The van der Waals surface area contributed by atoms with Crippen LogP contribution in [0.5, 0.6) is 0 Å². The fraction of sp³-hybridized carbons (Fsp3) is 0.511. The van der Waals surface area contributed by atoms with Gasteiger partial charge in [0.25, 0.3) is 0 Å². The SMILES string of the molecule is CC1=C(C)[C]([Ti+3])([Si](c2c(C)cc(N(C)C)c(C)c2N(C)C)(c2c(C)cc(N(C)C)c(C)c2N(C)C)c2c(C)cc(N(C)C)c(C)c2N(C)C)C(C)=C1C.[Cl-].[Cl-].[Cl-]. The summed E-state index contributed by atoms with van der Waals surface area (Å²) in [5.74, 6) is 0. The number of hydrogen-bond donors (Lipinski definition) is 0. The van der Waals surface area contributed by atoms with Gasteiger partial charge in [0, 0.05) is 0 Å². The van der Waals surface area contributed by atoms with E-state index < -0.39 is 8.07 Å². The van der Waals surface area contributed by atoms with Crippen LogP contribution in [0.2, 0.25) is 3.34 Å². The number of nitrogens with zero attached hydrogens (tertiary/aromatic N) is 6. The zero-order valence-electron chi connectivity index (χ0n) is 38.5. The Labute approximate surface area is 373 Å². The molecule has 0 radical (unpaired) electrons. The molecule has 0 aromatic heterocycles. The third kappa shape index (κ3) is 7.56. The summed E-state index contributed by atoms with van der Waals surface area (Å²) in [6.45, 7) is 23.9. The minimum absolute atomic E-state index is 0. The third-order valence-corrected chi connectivity index (χ3v) is 21.4. The summed E-state index contributed by atoms with van der Waals surface area (Å²) in [7, 11) is 23.4. The Balaban J connectivity index is 0.00000523. The molecular weight excluding hydrogens is 807 g/mol. The Morgan fingerprint density at radius 2 is 0.607 bits per heavy atom. The van der Waals surface area contributed by atoms with Crippen molar-refractivity contribution in [2.24, 2.45) is 0 Å². The van der Waals surface area contributed by atoms with E-state index in [1.54, 1.807) is 0 Å². The maximum absolute atomic E-state index is 3.34. The molecule has 0 saturated heterocycles. The van der Waals surface area contributed by atoms with Crippen LogP contribution >= 0.6 is 0 Å². The van der Waals surface area contributed by atoms with Crippen LogP contribution in [-0.4, -0.2) is 92.6 Å². The van der Waals surface area contributed by atoms with Gasteiger partial charge in [0.15, 0.2) is 0 Å². The van der Waals surface area contributed by atoms with E-state index in [9.17, 15) is 0 Å². The van der Waals surface area contributed by atoms with E-state index in [1.165, 1.54) is 105 Å². The second kappa shape index (κ2) is 18.3. The summed E-state index contributed by atoms with van der Waals surface area (Å²) in [4.78, 5) is 14.2. The molecule has 3 aromatic rings. The number of aryl methyl sites for hydroxylation is 3. The Morgan fingerprint density at radius 3 is 0.786 bits per heavy atom. The average Bonchev–Trinajstić information content (AvgIpc) is 3.19. The summed E-state index contributed by atoms with van der Waals surface area (Å²) in [6, 6.07) is 7.48. The summed E-state index contributed by atoms with van der Waals surface area (Å²) >= 11 is 2.64. The first-order chi connectivity index (χ1) is 24.3. The number of benzene rings is 3. The Hall–Kier alpha value is -2.26. The zero-order chi connectivity index (χ0) is 40.6. The van der Waals surface area contributed by atoms with Crippen molar-refractivity contribution in [1.29, 1.82) is 0 Å². The Morgan fingerprint density at radius 1 is 0.393 bits per heavy atom. The summed E-state index contributed by atoms with van der Waals surface area (Å²) in [6.07, 6.45) is 0. The molecule has 0 amide bonds. The third-order valence-electron chi connectivity index (χ3n) is 12.5. The molecule has 1 aliphatic rings. The smallest absolute Gasteiger partial charge is 1.00 e. The largest absolute Gasteiger partial charge is 1.00 e. The number of hydrogen-bond acceptors (Lipinski definition) is 6. The van der Waals surface area contributed by atoms with E-state index in [0.717, 1.165) is 0 Å². The molecule has 11 heteroatoms. The van der Waals surface area contributed by atoms with Crippen LogP contribution in [0.3, 0.4) is 0 Å². The van der Waals surface area contributed by atoms with E-state index in [-0.39, 0.29) is 40.6 Å². The van der Waals surface area contributed by atoms with Gasteiger partial charge in [-0.05, 0) is 0 Å². The molecular formula is C45H69Cl3N6SiTi. The van der Waals surface area contributed by atoms with Crippen molar-refractivity contribution in [2.45, 2.75) is 72.6 Å². The molecule has 0 unspecified atom stereocenters. The van der Waals surface area contributed by atoms with Gasteiger partial charge in [0.05, 0.1) is 0 Å². The predicted molar refractivity (Wildman–Crippen MR) is 238 cm³/mol. The van der Waals surface area contributed by atoms with E-state index in [0.29, 0.717) is 0 Å². The monoisotopic (exact) mass is 874 g/mol. The second-order valence-corrected chi connectivity index (χ2v) is 22.8. The number of allylic oxidation sites excluding steroid dienone is 4. The zero-order valence-corrected chi connectivity index (χ0v) is 43.4. The predicted octanol–water partition coefficient (Wildman–Crippen LogP) is -1.65. The minimum Gasteiger partial charge on any atom is -1.00 e. The normalized spacial score (nSPS) is 13.6. The van der Waals surface area contributed by atoms with Crippen LogP contribution in [0.15, 0.2) is 40.5 Å². The van der Waals surface area contributed by atoms with Gasteiger partial charge in [-0.15, -0.1) is 0 Å². The van der Waals surface area contributed by atoms with Gasteiger partial charge in [-0.1, -0.05) is 0 Å². The topological polar surface area (TPSA) is 19.4 Å². The van der Waals surface area contributed by atoms with Crippen LogP contribution in [0.25, 0.3) is 0 Å². The minimum atomic E-state index is -3.34. The van der Waals surface area contributed by atoms with Crippen molar-refractivity contribution in [3.8, 4) is 0 Å². The first-order valence-electron chi connectivity index (χ1n) is 18.9. The maximum atomic E-state index is 2.64. The molecule has 308 valence electrons. The van der Waals surface area contributed by atoms with Crippen molar-refractivity contribution < 1.29 is 57.7 Å². The van der Waals surface area contributed by atoms with Gasteiger partial charge in [-0.3, -0.25) is 0 Å². The standard InChI is InChI=1S/C45H69N6Si.3ClH.Ti/c1-26-23-36(46(11)12)33(8)39(49(17)18)42(26)52(45-31(6)29(4)30(5)32(45)7,43-27(2)24-37(47(13)14)34(9)40(43)50(19)20)44-28(3)25-38(48(15)16)35(10)41(44)51(21)22;;;;/h23-25H,1-22H3;3*1H;/q;;;;+3/p-3. The van der Waals surface area contributed by atoms with Crippen molar-refractivity contribution in [2.75, 3.05) is 114 Å². The Kier molecular flexibility index (Phi) is 17.0. The van der Waals surface area contributed by atoms with E-state index in [4.69, 9.17) is 0 Å². The Bertz CT molecular complexity index is 1820. The first kappa shape index (κ1) is 51.8. The van der Waals surface area contributed by atoms with E-state index in [1.807, 2.05) is 0 Å². The van der Waals surface area contributed by atoms with Crippen LogP contribution in [-0.2, 0) is 20.4 Å². The average molecular weight is 876 g/mol. The molecule has 0 saturated carbocycles. The van der Waals surface area contributed by atoms with Gasteiger partial charge in [-0.2, -0.15) is 0 Å². The summed E-state index contributed by atoms with van der Waals surface area (Å²) in [5, 5.41) is 4.54. The van der Waals surface area contributed by atoms with E-state index >= 15 is 0 Å². The van der Waals surface area contributed by atoms with Crippen LogP contribution in [0, 0.1) is 41.5 Å². The van der Waals surface area contributed by atoms with Crippen molar-refractivity contribution in [1.82, 2.24) is 0 Å². The number of halogens is 3. The van der Waals surface area contributed by atoms with Gasteiger partial charge in [0.1, 0.15) is 0 Å². The molecule has 0 aliphatic heterocycles. The molecule has 0 spiro atoms. The van der Waals surface area contributed by atoms with Crippen LogP contribution in [0.1, 0.15) is 61.1 Å². The van der Waals surface area contributed by atoms with Crippen LogP contribution < -0.4 is 82.2 Å². The molecule has 1 aliphatic carbocycles. The van der Waals surface area contributed by atoms with Gasteiger partial charge in [0.2, 0.25) is 0 Å². The fourth-order valence-electron chi connectivity index (χ4n) is 10.0. The molecule has 3 aromatic carbocycles. The van der Waals surface area contributed by atoms with Gasteiger partial charge >= 0.3 is 339 Å². The fourth-order valence-corrected chi connectivity index (χ4v) is 20.0. The molecule has 0 fully saturated rings. The quantitative estimate of drug-likeness (QED) is 0.179. The molecule has 0 N–H and O–H groups in total. The number of anilines is 6. The second-order valence-electron chi connectivity index (χ2n) is 17.1. The molecule has 0 heterocycles. The maximum Gasteiger partial charge on any atom is -1.00 e. The molecule has 0 atom stereocenters. The van der Waals surface area contributed by atoms with Gasteiger partial charge < -0.3 is 37.2 Å². The van der Waals surface area contributed by atoms with Crippen LogP contribution in [0.4, 0.5) is 34.1 Å². The number of rotatable bonds is 10. The van der Waals surface area contributed by atoms with Crippen molar-refractivity contribution in [3.63, 3.8) is 0 Å². The van der Waals surface area contributed by atoms with Crippen molar-refractivity contribution in [3.05, 3.63) is 73.9 Å². The summed E-state index contributed by atoms with van der Waals surface area (Å²) in [5.41, 5.74) is 21.8. The molecule has 0 bridgehead atoms. The first-order valence-corrected chi connectivity index (χ1v) is 21.7. The summed E-state index contributed by atoms with van der Waals surface area (Å²) < 4.78 is -0.314. The van der Waals surface area contributed by atoms with Gasteiger partial charge in [-0.25, -0.2) is 0 Å².